The highest BCUT2D eigenvalue weighted by molar-refractivity contribution is 5.76. The fourth-order valence-corrected chi connectivity index (χ4v) is 2.19. The van der Waals surface area contributed by atoms with Crippen molar-refractivity contribution in [3.8, 4) is 0 Å². The smallest absolute Gasteiger partial charge is 0.220 e. The molecule has 0 spiro atoms. The molecule has 2 aromatic carbocycles. The minimum atomic E-state index is -0.904. The van der Waals surface area contributed by atoms with Crippen LogP contribution < -0.4 is 5.32 Å². The van der Waals surface area contributed by atoms with Crippen molar-refractivity contribution in [2.45, 2.75) is 32.7 Å². The maximum absolute atomic E-state index is 13.2. The van der Waals surface area contributed by atoms with Crippen molar-refractivity contribution in [3.63, 3.8) is 0 Å². The molecule has 0 fully saturated rings. The van der Waals surface area contributed by atoms with Gasteiger partial charge in [-0.1, -0.05) is 35.9 Å². The van der Waals surface area contributed by atoms with Crippen LogP contribution in [0.1, 0.15) is 36.1 Å². The van der Waals surface area contributed by atoms with Crippen molar-refractivity contribution in [3.05, 3.63) is 70.8 Å². The van der Waals surface area contributed by atoms with E-state index in [1.54, 1.807) is 6.92 Å². The maximum Gasteiger partial charge on any atom is 0.220 e. The number of benzene rings is 2. The third kappa shape index (κ3) is 4.38. The summed E-state index contributed by atoms with van der Waals surface area (Å²) < 4.78 is 26.1. The minimum absolute atomic E-state index is 0.113. The summed E-state index contributed by atoms with van der Waals surface area (Å²) in [6, 6.07) is 11.3. The van der Waals surface area contributed by atoms with Crippen molar-refractivity contribution in [2.24, 2.45) is 0 Å². The van der Waals surface area contributed by atoms with Crippen LogP contribution in [0.15, 0.2) is 42.5 Å². The Morgan fingerprint density at radius 3 is 2.41 bits per heavy atom. The van der Waals surface area contributed by atoms with Gasteiger partial charge < -0.3 is 5.32 Å². The summed E-state index contributed by atoms with van der Waals surface area (Å²) in [5.41, 5.74) is 2.82. The lowest BCUT2D eigenvalue weighted by Gasteiger charge is -2.14. The number of carbonyl (C=O) groups excluding carboxylic acids is 1. The Bertz CT molecular complexity index is 653. The van der Waals surface area contributed by atoms with Gasteiger partial charge in [-0.2, -0.15) is 0 Å². The summed E-state index contributed by atoms with van der Waals surface area (Å²) in [4.78, 5) is 11.9. The van der Waals surface area contributed by atoms with Crippen LogP contribution in [0.25, 0.3) is 0 Å². The van der Waals surface area contributed by atoms with Crippen molar-refractivity contribution in [1.82, 2.24) is 5.32 Å². The first-order valence-corrected chi connectivity index (χ1v) is 7.25. The van der Waals surface area contributed by atoms with Crippen molar-refractivity contribution < 1.29 is 13.6 Å². The van der Waals surface area contributed by atoms with Crippen LogP contribution in [0.3, 0.4) is 0 Å². The highest BCUT2D eigenvalue weighted by atomic mass is 19.2. The highest BCUT2D eigenvalue weighted by Gasteiger charge is 2.12. The molecule has 22 heavy (non-hydrogen) atoms. The van der Waals surface area contributed by atoms with Crippen molar-refractivity contribution >= 4 is 5.91 Å². The van der Waals surface area contributed by atoms with Gasteiger partial charge in [0.25, 0.3) is 0 Å². The molecule has 0 aromatic heterocycles. The number of carbonyl (C=O) groups is 1. The van der Waals surface area contributed by atoms with Gasteiger partial charge >= 0.3 is 0 Å². The Kier molecular flexibility index (Phi) is 5.26. The van der Waals surface area contributed by atoms with Gasteiger partial charge in [-0.25, -0.2) is 8.78 Å². The average Bonchev–Trinajstić information content (AvgIpc) is 2.49. The van der Waals surface area contributed by atoms with E-state index in [1.807, 2.05) is 31.2 Å². The van der Waals surface area contributed by atoms with Crippen LogP contribution >= 0.6 is 0 Å². The third-order valence-corrected chi connectivity index (χ3v) is 3.58. The number of nitrogens with one attached hydrogen (secondary N) is 1. The number of aryl methyl sites for hydroxylation is 2. The molecule has 2 nitrogen and oxygen atoms in total. The number of hydrogen-bond donors (Lipinski definition) is 1. The van der Waals surface area contributed by atoms with E-state index in [4.69, 9.17) is 0 Å². The van der Waals surface area contributed by atoms with Gasteiger partial charge in [0.1, 0.15) is 0 Å². The predicted molar refractivity (Wildman–Crippen MR) is 82.4 cm³/mol. The van der Waals surface area contributed by atoms with Crippen LogP contribution in [0.5, 0.6) is 0 Å². The van der Waals surface area contributed by atoms with E-state index in [-0.39, 0.29) is 11.9 Å². The first-order valence-electron chi connectivity index (χ1n) is 7.25. The van der Waals surface area contributed by atoms with Crippen LogP contribution in [0.4, 0.5) is 8.78 Å². The molecule has 0 aliphatic rings. The van der Waals surface area contributed by atoms with Gasteiger partial charge in [0, 0.05) is 6.42 Å². The standard InChI is InChI=1S/C18H19F2NO/c1-12-3-5-14(6-4-12)7-10-18(22)21-13(2)15-8-9-16(19)17(20)11-15/h3-6,8-9,11,13H,7,10H2,1-2H3,(H,21,22). The van der Waals surface area contributed by atoms with E-state index in [0.29, 0.717) is 18.4 Å². The number of halogens is 2. The SMILES string of the molecule is Cc1ccc(CCC(=O)NC(C)c2ccc(F)c(F)c2)cc1. The first-order chi connectivity index (χ1) is 10.5. The van der Waals surface area contributed by atoms with Crippen LogP contribution in [-0.4, -0.2) is 5.91 Å². The van der Waals surface area contributed by atoms with Gasteiger partial charge in [-0.05, 0) is 43.5 Å². The summed E-state index contributed by atoms with van der Waals surface area (Å²) in [5.74, 6) is -1.90. The molecular formula is C18H19F2NO. The predicted octanol–water partition coefficient (Wildman–Crippen LogP) is 4.08. The summed E-state index contributed by atoms with van der Waals surface area (Å²) in [7, 11) is 0. The maximum atomic E-state index is 13.2. The Morgan fingerprint density at radius 1 is 1.09 bits per heavy atom. The van der Waals surface area contributed by atoms with Gasteiger partial charge in [-0.3, -0.25) is 4.79 Å². The molecule has 0 heterocycles. The molecule has 116 valence electrons. The average molecular weight is 303 g/mol. The summed E-state index contributed by atoms with van der Waals surface area (Å²) in [5, 5.41) is 2.80. The number of rotatable bonds is 5. The van der Waals surface area contributed by atoms with Gasteiger partial charge in [0.05, 0.1) is 6.04 Å². The highest BCUT2D eigenvalue weighted by Crippen LogP contribution is 2.16. The number of hydrogen-bond acceptors (Lipinski definition) is 1. The first kappa shape index (κ1) is 16.1. The van der Waals surface area contributed by atoms with Crippen LogP contribution in [0, 0.1) is 18.6 Å². The molecule has 4 heteroatoms. The molecule has 1 N–H and O–H groups in total. The molecule has 1 atom stereocenters. The Labute approximate surface area is 129 Å². The van der Waals surface area contributed by atoms with Gasteiger partial charge in [-0.15, -0.1) is 0 Å². The summed E-state index contributed by atoms with van der Waals surface area (Å²) in [6.45, 7) is 3.76. The Morgan fingerprint density at radius 2 is 1.77 bits per heavy atom. The van der Waals surface area contributed by atoms with Crippen molar-refractivity contribution in [1.29, 1.82) is 0 Å². The monoisotopic (exact) mass is 303 g/mol. The lowest BCUT2D eigenvalue weighted by molar-refractivity contribution is -0.121. The molecule has 0 radical (unpaired) electrons. The Balaban J connectivity index is 1.88. The molecule has 2 aromatic rings. The molecule has 1 unspecified atom stereocenters. The van der Waals surface area contributed by atoms with Crippen LogP contribution in [-0.2, 0) is 11.2 Å². The van der Waals surface area contributed by atoms with E-state index < -0.39 is 11.6 Å². The zero-order valence-electron chi connectivity index (χ0n) is 12.7. The zero-order chi connectivity index (χ0) is 16.1. The molecule has 0 saturated heterocycles. The summed E-state index contributed by atoms with van der Waals surface area (Å²) >= 11 is 0. The molecule has 0 bridgehead atoms. The third-order valence-electron chi connectivity index (χ3n) is 3.58. The van der Waals surface area contributed by atoms with E-state index in [2.05, 4.69) is 5.32 Å². The van der Waals surface area contributed by atoms with Crippen LogP contribution in [0.2, 0.25) is 0 Å². The Hall–Kier alpha value is -2.23. The molecule has 0 aliphatic carbocycles. The molecular weight excluding hydrogens is 284 g/mol. The largest absolute Gasteiger partial charge is 0.350 e. The molecule has 1 amide bonds. The van der Waals surface area contributed by atoms with E-state index in [1.165, 1.54) is 11.6 Å². The van der Waals surface area contributed by atoms with E-state index in [0.717, 1.165) is 17.7 Å². The quantitative estimate of drug-likeness (QED) is 0.886. The zero-order valence-corrected chi connectivity index (χ0v) is 12.7. The molecule has 0 saturated carbocycles. The van der Waals surface area contributed by atoms with Gasteiger partial charge in [0.2, 0.25) is 5.91 Å². The second kappa shape index (κ2) is 7.16. The van der Waals surface area contributed by atoms with E-state index in [9.17, 15) is 13.6 Å². The van der Waals surface area contributed by atoms with Gasteiger partial charge in [0.15, 0.2) is 11.6 Å². The lowest BCUT2D eigenvalue weighted by atomic mass is 10.1. The molecule has 0 aliphatic heterocycles. The van der Waals surface area contributed by atoms with E-state index >= 15 is 0 Å². The molecule has 2 rings (SSSR count). The fourth-order valence-electron chi connectivity index (χ4n) is 2.19. The second-order valence-electron chi connectivity index (χ2n) is 5.45. The lowest BCUT2D eigenvalue weighted by Crippen LogP contribution is -2.26. The second-order valence-corrected chi connectivity index (χ2v) is 5.45. The fraction of sp³-hybridized carbons (Fsp3) is 0.278. The number of amides is 1. The summed E-state index contributed by atoms with van der Waals surface area (Å²) in [6.07, 6.45) is 1.01. The van der Waals surface area contributed by atoms with Crippen molar-refractivity contribution in [2.75, 3.05) is 0 Å². The topological polar surface area (TPSA) is 29.1 Å². The minimum Gasteiger partial charge on any atom is -0.350 e. The normalized spacial score (nSPS) is 12.0.